The summed E-state index contributed by atoms with van der Waals surface area (Å²) in [6, 6.07) is 0.294. The van der Waals surface area contributed by atoms with Crippen LogP contribution in [-0.4, -0.2) is 42.4 Å². The van der Waals surface area contributed by atoms with Crippen molar-refractivity contribution in [2.45, 2.75) is 30.9 Å². The van der Waals surface area contributed by atoms with Gasteiger partial charge in [0, 0.05) is 43.6 Å². The predicted octanol–water partition coefficient (Wildman–Crippen LogP) is 1.32. The van der Waals surface area contributed by atoms with Gasteiger partial charge in [-0.2, -0.15) is 0 Å². The summed E-state index contributed by atoms with van der Waals surface area (Å²) in [6.45, 7) is 2.39. The van der Waals surface area contributed by atoms with Crippen LogP contribution < -0.4 is 5.32 Å². The zero-order valence-electron chi connectivity index (χ0n) is 11.3. The molecule has 0 radical (unpaired) electrons. The van der Waals surface area contributed by atoms with Crippen LogP contribution in [0.5, 0.6) is 0 Å². The van der Waals surface area contributed by atoms with E-state index in [0.717, 1.165) is 44.6 Å². The molecule has 0 saturated carbocycles. The third-order valence-corrected chi connectivity index (χ3v) is 4.32. The molecular weight excluding hydrogens is 242 g/mol. The lowest BCUT2D eigenvalue weighted by molar-refractivity contribution is -0.103. The van der Waals surface area contributed by atoms with Gasteiger partial charge in [0.15, 0.2) is 0 Å². The highest BCUT2D eigenvalue weighted by Gasteiger charge is 2.43. The van der Waals surface area contributed by atoms with Gasteiger partial charge in [0.05, 0.1) is 12.2 Å². The molecule has 3 atom stereocenters. The number of nitrogens with zero attached hydrogens (tertiary/aromatic N) is 2. The van der Waals surface area contributed by atoms with Crippen LogP contribution in [-0.2, 0) is 9.47 Å². The Morgan fingerprint density at radius 1 is 1.37 bits per heavy atom. The number of rotatable bonds is 3. The molecule has 0 aliphatic carbocycles. The molecule has 2 aliphatic rings. The number of hydrogen-bond donors (Lipinski definition) is 1. The minimum Gasteiger partial charge on any atom is -0.378 e. The Morgan fingerprint density at radius 3 is 2.89 bits per heavy atom. The summed E-state index contributed by atoms with van der Waals surface area (Å²) in [4.78, 5) is 8.26. The Labute approximate surface area is 113 Å². The molecule has 1 aromatic heterocycles. The number of ether oxygens (including phenoxy) is 2. The maximum atomic E-state index is 6.00. The smallest absolute Gasteiger partial charge is 0.115 e. The first-order valence-electron chi connectivity index (χ1n) is 6.97. The van der Waals surface area contributed by atoms with Gasteiger partial charge in [-0.1, -0.05) is 0 Å². The summed E-state index contributed by atoms with van der Waals surface area (Å²) in [7, 11) is 2.00. The minimum atomic E-state index is -0.0480. The van der Waals surface area contributed by atoms with Gasteiger partial charge in [-0.15, -0.1) is 0 Å². The van der Waals surface area contributed by atoms with Crippen LogP contribution in [0, 0.1) is 5.92 Å². The van der Waals surface area contributed by atoms with E-state index in [1.54, 1.807) is 6.33 Å². The number of aromatic nitrogens is 2. The van der Waals surface area contributed by atoms with E-state index in [-0.39, 0.29) is 5.60 Å². The largest absolute Gasteiger partial charge is 0.378 e. The zero-order valence-corrected chi connectivity index (χ0v) is 11.3. The molecule has 104 valence electrons. The van der Waals surface area contributed by atoms with Gasteiger partial charge in [0.1, 0.15) is 6.33 Å². The van der Waals surface area contributed by atoms with Gasteiger partial charge in [0.2, 0.25) is 0 Å². The maximum absolute atomic E-state index is 6.00. The maximum Gasteiger partial charge on any atom is 0.115 e. The summed E-state index contributed by atoms with van der Waals surface area (Å²) < 4.78 is 11.5. The summed E-state index contributed by atoms with van der Waals surface area (Å²) in [5, 5.41) is 3.42. The molecule has 1 N–H and O–H groups in total. The lowest BCUT2D eigenvalue weighted by Gasteiger charge is -2.40. The van der Waals surface area contributed by atoms with Gasteiger partial charge in [-0.05, 0) is 25.8 Å². The van der Waals surface area contributed by atoms with Crippen molar-refractivity contribution in [3.8, 4) is 0 Å². The van der Waals surface area contributed by atoms with Gasteiger partial charge in [0.25, 0.3) is 0 Å². The van der Waals surface area contributed by atoms with E-state index in [1.807, 2.05) is 19.4 Å². The van der Waals surface area contributed by atoms with Crippen molar-refractivity contribution in [2.24, 2.45) is 5.92 Å². The molecule has 19 heavy (non-hydrogen) atoms. The molecule has 0 bridgehead atoms. The molecule has 2 fully saturated rings. The fourth-order valence-electron chi connectivity index (χ4n) is 3.36. The topological polar surface area (TPSA) is 56.3 Å². The van der Waals surface area contributed by atoms with Crippen LogP contribution in [0.3, 0.4) is 0 Å². The third-order valence-electron chi connectivity index (χ3n) is 4.32. The van der Waals surface area contributed by atoms with Crippen LogP contribution in [0.1, 0.15) is 30.9 Å². The summed E-state index contributed by atoms with van der Waals surface area (Å²) in [5.74, 6) is 0.548. The molecular formula is C14H21N3O2. The average Bonchev–Trinajstić information content (AvgIpc) is 2.89. The third kappa shape index (κ3) is 2.63. The van der Waals surface area contributed by atoms with Crippen molar-refractivity contribution in [1.82, 2.24) is 15.3 Å². The number of nitrogens with one attached hydrogen (secondary N) is 1. The second kappa shape index (κ2) is 5.53. The normalized spacial score (nSPS) is 32.6. The first-order valence-corrected chi connectivity index (χ1v) is 6.97. The monoisotopic (exact) mass is 263 g/mol. The lowest BCUT2D eigenvalue weighted by Crippen LogP contribution is -2.43. The van der Waals surface area contributed by atoms with Crippen LogP contribution >= 0.6 is 0 Å². The predicted molar refractivity (Wildman–Crippen MR) is 70.7 cm³/mol. The summed E-state index contributed by atoms with van der Waals surface area (Å²) in [6.07, 6.45) is 8.52. The van der Waals surface area contributed by atoms with Gasteiger partial charge < -0.3 is 14.8 Å². The van der Waals surface area contributed by atoms with Crippen LogP contribution in [0.4, 0.5) is 0 Å². The van der Waals surface area contributed by atoms with E-state index >= 15 is 0 Å². The molecule has 1 aromatic rings. The van der Waals surface area contributed by atoms with Gasteiger partial charge in [-0.3, -0.25) is 0 Å². The Hall–Kier alpha value is -1.04. The van der Waals surface area contributed by atoms with Gasteiger partial charge in [-0.25, -0.2) is 9.97 Å². The molecule has 0 amide bonds. The first-order chi connectivity index (χ1) is 9.33. The lowest BCUT2D eigenvalue weighted by atomic mass is 9.79. The van der Waals surface area contributed by atoms with E-state index in [4.69, 9.17) is 9.47 Å². The highest BCUT2D eigenvalue weighted by atomic mass is 16.6. The van der Waals surface area contributed by atoms with E-state index in [0.29, 0.717) is 12.0 Å². The van der Waals surface area contributed by atoms with Crippen molar-refractivity contribution in [2.75, 3.05) is 26.9 Å². The molecule has 5 heteroatoms. The standard InChI is InChI=1S/C14H21N3O2/c1-15-13(12-7-16-10-17-8-12)11-2-4-19-14(6-11)3-5-18-9-14/h7-8,10-11,13,15H,2-6,9H2,1H3. The van der Waals surface area contributed by atoms with Crippen molar-refractivity contribution in [3.05, 3.63) is 24.3 Å². The van der Waals surface area contributed by atoms with Gasteiger partial charge >= 0.3 is 0 Å². The highest BCUT2D eigenvalue weighted by molar-refractivity contribution is 5.12. The second-order valence-electron chi connectivity index (χ2n) is 5.53. The first kappa shape index (κ1) is 13.0. The Morgan fingerprint density at radius 2 is 2.21 bits per heavy atom. The molecule has 2 saturated heterocycles. The Balaban J connectivity index is 1.76. The molecule has 1 spiro atoms. The van der Waals surface area contributed by atoms with Crippen molar-refractivity contribution >= 4 is 0 Å². The van der Waals surface area contributed by atoms with Crippen LogP contribution in [0.2, 0.25) is 0 Å². The molecule has 3 unspecified atom stereocenters. The van der Waals surface area contributed by atoms with Crippen LogP contribution in [0.25, 0.3) is 0 Å². The van der Waals surface area contributed by atoms with Crippen molar-refractivity contribution in [1.29, 1.82) is 0 Å². The van der Waals surface area contributed by atoms with E-state index in [2.05, 4.69) is 15.3 Å². The molecule has 3 heterocycles. The summed E-state index contributed by atoms with van der Waals surface area (Å²) >= 11 is 0. The zero-order chi connectivity index (χ0) is 13.1. The van der Waals surface area contributed by atoms with Crippen molar-refractivity contribution < 1.29 is 9.47 Å². The Kier molecular flexibility index (Phi) is 3.77. The SMILES string of the molecule is CNC(c1cncnc1)C1CCOC2(CCOC2)C1. The molecule has 5 nitrogen and oxygen atoms in total. The molecule has 0 aromatic carbocycles. The van der Waals surface area contributed by atoms with Crippen molar-refractivity contribution in [3.63, 3.8) is 0 Å². The fraction of sp³-hybridized carbons (Fsp3) is 0.714. The van der Waals surface area contributed by atoms with Crippen LogP contribution in [0.15, 0.2) is 18.7 Å². The van der Waals surface area contributed by atoms with E-state index in [1.165, 1.54) is 0 Å². The molecule has 3 rings (SSSR count). The minimum absolute atomic E-state index is 0.0480. The quantitative estimate of drug-likeness (QED) is 0.891. The summed E-state index contributed by atoms with van der Waals surface area (Å²) in [5.41, 5.74) is 1.11. The fourth-order valence-corrected chi connectivity index (χ4v) is 3.36. The molecule has 2 aliphatic heterocycles. The van der Waals surface area contributed by atoms with E-state index < -0.39 is 0 Å². The highest BCUT2D eigenvalue weighted by Crippen LogP contribution is 2.40. The average molecular weight is 263 g/mol. The Bertz CT molecular complexity index is 406. The second-order valence-corrected chi connectivity index (χ2v) is 5.53. The van der Waals surface area contributed by atoms with E-state index in [9.17, 15) is 0 Å². The number of hydrogen-bond acceptors (Lipinski definition) is 5.